The third kappa shape index (κ3) is 2.61. The number of fused-ring (bicyclic) bond motifs is 1. The standard InChI is InChI=1S/C12H15N5OS/c1-2-5-13-8-10-16-17-11(14-15-12(17)19-10)9-3-6-18-7-4-9/h1,9,13H,3-8H2. The van der Waals surface area contributed by atoms with Gasteiger partial charge in [-0.3, -0.25) is 5.32 Å². The number of terminal acetylenes is 1. The number of ether oxygens (including phenoxy) is 1. The van der Waals surface area contributed by atoms with Crippen LogP contribution in [0.3, 0.4) is 0 Å². The lowest BCUT2D eigenvalue weighted by Crippen LogP contribution is -2.17. The van der Waals surface area contributed by atoms with E-state index in [1.54, 1.807) is 11.3 Å². The van der Waals surface area contributed by atoms with Gasteiger partial charge in [-0.2, -0.15) is 9.61 Å². The van der Waals surface area contributed by atoms with Crippen LogP contribution in [0.15, 0.2) is 0 Å². The lowest BCUT2D eigenvalue weighted by Gasteiger charge is -2.19. The Morgan fingerprint density at radius 1 is 1.42 bits per heavy atom. The molecule has 0 atom stereocenters. The maximum atomic E-state index is 5.38. The Kier molecular flexibility index (Phi) is 3.73. The van der Waals surface area contributed by atoms with Crippen molar-refractivity contribution < 1.29 is 4.74 Å². The third-order valence-electron chi connectivity index (χ3n) is 3.15. The van der Waals surface area contributed by atoms with Crippen molar-refractivity contribution in [2.75, 3.05) is 19.8 Å². The maximum Gasteiger partial charge on any atom is 0.234 e. The molecule has 0 spiro atoms. The first-order valence-corrected chi connectivity index (χ1v) is 7.13. The number of aromatic nitrogens is 4. The average molecular weight is 277 g/mol. The van der Waals surface area contributed by atoms with Gasteiger partial charge in [0.1, 0.15) is 5.01 Å². The zero-order chi connectivity index (χ0) is 13.1. The highest BCUT2D eigenvalue weighted by Crippen LogP contribution is 2.26. The van der Waals surface area contributed by atoms with Crippen molar-refractivity contribution in [3.63, 3.8) is 0 Å². The van der Waals surface area contributed by atoms with Crippen LogP contribution < -0.4 is 5.32 Å². The average Bonchev–Trinajstić information content (AvgIpc) is 3.00. The van der Waals surface area contributed by atoms with Crippen LogP contribution in [0.1, 0.15) is 29.6 Å². The van der Waals surface area contributed by atoms with Crippen molar-refractivity contribution >= 4 is 16.3 Å². The van der Waals surface area contributed by atoms with E-state index in [4.69, 9.17) is 11.2 Å². The zero-order valence-corrected chi connectivity index (χ0v) is 11.3. The molecule has 0 amide bonds. The number of nitrogens with zero attached hydrogens (tertiary/aromatic N) is 4. The molecule has 1 saturated heterocycles. The molecule has 0 unspecified atom stereocenters. The maximum absolute atomic E-state index is 5.38. The molecule has 0 aliphatic carbocycles. The Morgan fingerprint density at radius 3 is 3.05 bits per heavy atom. The lowest BCUT2D eigenvalue weighted by atomic mass is 10.00. The molecule has 3 heterocycles. The van der Waals surface area contributed by atoms with Crippen LogP contribution >= 0.6 is 11.3 Å². The Labute approximate surface area is 115 Å². The fourth-order valence-corrected chi connectivity index (χ4v) is 3.01. The van der Waals surface area contributed by atoms with Crippen LogP contribution in [0, 0.1) is 12.3 Å². The van der Waals surface area contributed by atoms with Gasteiger partial charge in [0.2, 0.25) is 4.96 Å². The molecule has 0 radical (unpaired) electrons. The van der Waals surface area contributed by atoms with Crippen LogP contribution in [0.5, 0.6) is 0 Å². The summed E-state index contributed by atoms with van der Waals surface area (Å²) in [5.41, 5.74) is 0. The highest BCUT2D eigenvalue weighted by Gasteiger charge is 2.23. The summed E-state index contributed by atoms with van der Waals surface area (Å²) in [6.45, 7) is 2.80. The smallest absolute Gasteiger partial charge is 0.234 e. The van der Waals surface area contributed by atoms with Gasteiger partial charge in [-0.25, -0.2) is 0 Å². The molecule has 2 aromatic rings. The first-order chi connectivity index (χ1) is 9.38. The minimum absolute atomic E-state index is 0.400. The van der Waals surface area contributed by atoms with Crippen LogP contribution in [-0.2, 0) is 11.3 Å². The van der Waals surface area contributed by atoms with E-state index in [-0.39, 0.29) is 0 Å². The Morgan fingerprint density at radius 2 is 2.26 bits per heavy atom. The van der Waals surface area contributed by atoms with E-state index in [0.29, 0.717) is 19.0 Å². The topological polar surface area (TPSA) is 64.3 Å². The van der Waals surface area contributed by atoms with Crippen molar-refractivity contribution in [1.29, 1.82) is 0 Å². The Bertz CT molecular complexity index is 593. The second-order valence-corrected chi connectivity index (χ2v) is 5.48. The quantitative estimate of drug-likeness (QED) is 0.661. The summed E-state index contributed by atoms with van der Waals surface area (Å²) in [5.74, 6) is 3.90. The minimum atomic E-state index is 0.400. The minimum Gasteiger partial charge on any atom is -0.381 e. The number of hydrogen-bond acceptors (Lipinski definition) is 6. The monoisotopic (exact) mass is 277 g/mol. The Balaban J connectivity index is 1.79. The molecule has 6 nitrogen and oxygen atoms in total. The van der Waals surface area contributed by atoms with Gasteiger partial charge in [0.15, 0.2) is 5.82 Å². The van der Waals surface area contributed by atoms with Crippen LogP contribution in [0.25, 0.3) is 4.96 Å². The van der Waals surface area contributed by atoms with E-state index in [1.165, 1.54) is 0 Å². The van der Waals surface area contributed by atoms with Crippen LogP contribution in [-0.4, -0.2) is 39.6 Å². The molecule has 2 aromatic heterocycles. The van der Waals surface area contributed by atoms with E-state index in [2.05, 4.69) is 26.5 Å². The Hall–Kier alpha value is -1.49. The van der Waals surface area contributed by atoms with E-state index in [1.807, 2.05) is 4.52 Å². The third-order valence-corrected chi connectivity index (χ3v) is 4.05. The summed E-state index contributed by atoms with van der Waals surface area (Å²) in [4.78, 5) is 0.846. The van der Waals surface area contributed by atoms with Gasteiger partial charge in [-0.15, -0.1) is 16.6 Å². The fourth-order valence-electron chi connectivity index (χ4n) is 2.20. The predicted octanol–water partition coefficient (Wildman–Crippen LogP) is 0.803. The zero-order valence-electron chi connectivity index (χ0n) is 10.5. The summed E-state index contributed by atoms with van der Waals surface area (Å²) in [6, 6.07) is 0. The molecule has 19 heavy (non-hydrogen) atoms. The number of rotatable bonds is 4. The van der Waals surface area contributed by atoms with Gasteiger partial charge in [-0.1, -0.05) is 17.3 Å². The largest absolute Gasteiger partial charge is 0.381 e. The predicted molar refractivity (Wildman–Crippen MR) is 72.0 cm³/mol. The van der Waals surface area contributed by atoms with E-state index >= 15 is 0 Å². The molecule has 100 valence electrons. The SMILES string of the molecule is C#CCNCc1nn2c(C3CCOCC3)nnc2s1. The lowest BCUT2D eigenvalue weighted by molar-refractivity contribution is 0.0831. The summed E-state index contributed by atoms with van der Waals surface area (Å²) < 4.78 is 7.25. The molecular weight excluding hydrogens is 262 g/mol. The highest BCUT2D eigenvalue weighted by molar-refractivity contribution is 7.16. The summed E-state index contributed by atoms with van der Waals surface area (Å²) in [7, 11) is 0. The molecule has 0 aromatic carbocycles. The molecule has 7 heteroatoms. The van der Waals surface area contributed by atoms with Crippen molar-refractivity contribution in [2.45, 2.75) is 25.3 Å². The first-order valence-electron chi connectivity index (χ1n) is 6.31. The summed E-state index contributed by atoms with van der Waals surface area (Å²) in [5, 5.41) is 17.1. The second-order valence-electron chi connectivity index (χ2n) is 4.44. The van der Waals surface area contributed by atoms with Crippen molar-refractivity contribution in [2.24, 2.45) is 0 Å². The molecular formula is C12H15N5OS. The van der Waals surface area contributed by atoms with Crippen LogP contribution in [0.4, 0.5) is 0 Å². The molecule has 3 rings (SSSR count). The molecule has 0 bridgehead atoms. The fraction of sp³-hybridized carbons (Fsp3) is 0.583. The van der Waals surface area contributed by atoms with Gasteiger partial charge < -0.3 is 4.74 Å². The molecule has 0 saturated carbocycles. The first kappa shape index (κ1) is 12.5. The van der Waals surface area contributed by atoms with E-state index in [0.717, 1.165) is 41.8 Å². The van der Waals surface area contributed by atoms with Crippen molar-refractivity contribution in [3.05, 3.63) is 10.8 Å². The van der Waals surface area contributed by atoms with Gasteiger partial charge >= 0.3 is 0 Å². The van der Waals surface area contributed by atoms with Crippen LogP contribution in [0.2, 0.25) is 0 Å². The second kappa shape index (κ2) is 5.65. The van der Waals surface area contributed by atoms with Crippen molar-refractivity contribution in [3.8, 4) is 12.3 Å². The van der Waals surface area contributed by atoms with Crippen molar-refractivity contribution in [1.82, 2.24) is 25.1 Å². The summed E-state index contributed by atoms with van der Waals surface area (Å²) >= 11 is 1.55. The van der Waals surface area contributed by atoms with E-state index in [9.17, 15) is 0 Å². The van der Waals surface area contributed by atoms with Gasteiger partial charge in [0, 0.05) is 19.1 Å². The molecule has 1 N–H and O–H groups in total. The molecule has 1 aliphatic rings. The van der Waals surface area contributed by atoms with Gasteiger partial charge in [0.25, 0.3) is 0 Å². The number of hydrogen-bond donors (Lipinski definition) is 1. The molecule has 1 fully saturated rings. The van der Waals surface area contributed by atoms with Gasteiger partial charge in [0.05, 0.1) is 13.1 Å². The van der Waals surface area contributed by atoms with Gasteiger partial charge in [-0.05, 0) is 12.8 Å². The normalized spacial score (nSPS) is 16.8. The summed E-state index contributed by atoms with van der Waals surface area (Å²) in [6.07, 6.45) is 7.18. The highest BCUT2D eigenvalue weighted by atomic mass is 32.1. The number of nitrogens with one attached hydrogen (secondary N) is 1. The molecule has 1 aliphatic heterocycles. The van der Waals surface area contributed by atoms with E-state index < -0.39 is 0 Å².